The minimum atomic E-state index is -6.61. The van der Waals surface area contributed by atoms with Crippen molar-refractivity contribution in [1.82, 2.24) is 0 Å². The number of ether oxygens (including phenoxy) is 1. The molecule has 16 heteroatoms. The Bertz CT molecular complexity index is 1060. The Balaban J connectivity index is 2.65. The van der Waals surface area contributed by atoms with Crippen LogP contribution in [0, 0.1) is 11.0 Å². The molecule has 0 saturated carbocycles. The van der Waals surface area contributed by atoms with Gasteiger partial charge in [-0.05, 0) is 24.3 Å². The summed E-state index contributed by atoms with van der Waals surface area (Å²) in [6.07, 6.45) is -14.5. The highest BCUT2D eigenvalue weighted by Gasteiger charge is 2.73. The van der Waals surface area contributed by atoms with Crippen LogP contribution in [0.2, 0.25) is 5.02 Å². The van der Waals surface area contributed by atoms with Gasteiger partial charge in [0, 0.05) is 22.6 Å². The quantitative estimate of drug-likeness (QED) is 0.253. The molecule has 2 rings (SSSR count). The molecule has 2 aromatic carbocycles. The standard InChI is InChI=1S/C18H9ClF10NO4/c19-10-4-7(16(23,17(24,25)26)18(27,28)29)5-13(34-15(21)22)9(10)6-12(31)8-2-1-3-11(14(8)20)30(32)33/h1-5,15,32H,6H2/q-1. The smallest absolute Gasteiger partial charge is 0.435 e. The fourth-order valence-electron chi connectivity index (χ4n) is 2.81. The lowest BCUT2D eigenvalue weighted by atomic mass is 9.91. The van der Waals surface area contributed by atoms with Crippen molar-refractivity contribution in [3.05, 3.63) is 63.1 Å². The van der Waals surface area contributed by atoms with Gasteiger partial charge in [0.2, 0.25) is 0 Å². The zero-order valence-electron chi connectivity index (χ0n) is 15.9. The van der Waals surface area contributed by atoms with E-state index < -0.39 is 81.0 Å². The van der Waals surface area contributed by atoms with Gasteiger partial charge in [0.25, 0.3) is 0 Å². The Labute approximate surface area is 187 Å². The highest BCUT2D eigenvalue weighted by atomic mass is 35.5. The molecule has 0 unspecified atom stereocenters. The molecule has 0 atom stereocenters. The predicted molar refractivity (Wildman–Crippen MR) is 95.0 cm³/mol. The van der Waals surface area contributed by atoms with E-state index in [1.165, 1.54) is 0 Å². The summed E-state index contributed by atoms with van der Waals surface area (Å²) in [6, 6.07) is 1.87. The minimum absolute atomic E-state index is 0.191. The van der Waals surface area contributed by atoms with Crippen LogP contribution in [-0.2, 0) is 12.1 Å². The number of nitrogens with zero attached hydrogens (tertiary/aromatic N) is 1. The molecule has 0 bridgehead atoms. The molecule has 188 valence electrons. The molecule has 0 amide bonds. The van der Waals surface area contributed by atoms with Gasteiger partial charge in [-0.1, -0.05) is 17.7 Å². The van der Waals surface area contributed by atoms with Crippen molar-refractivity contribution in [1.29, 1.82) is 0 Å². The lowest BCUT2D eigenvalue weighted by molar-refractivity contribution is -0.348. The molecule has 34 heavy (non-hydrogen) atoms. The lowest BCUT2D eigenvalue weighted by Crippen LogP contribution is -2.50. The van der Waals surface area contributed by atoms with Crippen LogP contribution in [-0.4, -0.2) is 30.0 Å². The van der Waals surface area contributed by atoms with Crippen LogP contribution in [0.5, 0.6) is 5.75 Å². The molecule has 5 nitrogen and oxygen atoms in total. The minimum Gasteiger partial charge on any atom is -0.733 e. The number of benzene rings is 2. The Hall–Kier alpha value is -2.78. The van der Waals surface area contributed by atoms with Crippen LogP contribution in [0.4, 0.5) is 49.6 Å². The number of alkyl halides is 9. The van der Waals surface area contributed by atoms with E-state index in [2.05, 4.69) is 4.74 Å². The average Bonchev–Trinajstić information content (AvgIpc) is 2.67. The average molecular weight is 529 g/mol. The second-order valence-corrected chi connectivity index (χ2v) is 6.89. The maximum atomic E-state index is 14.3. The highest BCUT2D eigenvalue weighted by Crippen LogP contribution is 2.54. The highest BCUT2D eigenvalue weighted by molar-refractivity contribution is 6.32. The first-order chi connectivity index (χ1) is 15.4. The van der Waals surface area contributed by atoms with Crippen LogP contribution in [0.1, 0.15) is 21.5 Å². The fourth-order valence-corrected chi connectivity index (χ4v) is 3.09. The Morgan fingerprint density at radius 1 is 1.09 bits per heavy atom. The van der Waals surface area contributed by atoms with Crippen LogP contribution in [0.3, 0.4) is 0 Å². The van der Waals surface area contributed by atoms with E-state index in [4.69, 9.17) is 16.8 Å². The summed E-state index contributed by atoms with van der Waals surface area (Å²) in [5.74, 6) is -4.48. The number of carbonyl (C=O) groups is 1. The molecule has 0 heterocycles. The van der Waals surface area contributed by atoms with Crippen LogP contribution in [0.15, 0.2) is 30.3 Å². The van der Waals surface area contributed by atoms with Gasteiger partial charge in [-0.25, -0.2) is 8.78 Å². The van der Waals surface area contributed by atoms with Gasteiger partial charge < -0.3 is 15.2 Å². The number of Topliss-reactive ketones (excluding diaryl/α,β-unsaturated/α-hetero) is 1. The van der Waals surface area contributed by atoms with E-state index >= 15 is 0 Å². The summed E-state index contributed by atoms with van der Waals surface area (Å²) < 4.78 is 136. The molecule has 0 radical (unpaired) electrons. The summed E-state index contributed by atoms with van der Waals surface area (Å²) in [6.45, 7) is -3.87. The van der Waals surface area contributed by atoms with Crippen molar-refractivity contribution in [3.63, 3.8) is 0 Å². The second kappa shape index (κ2) is 9.46. The molecule has 0 aliphatic carbocycles. The van der Waals surface area contributed by atoms with Crippen molar-refractivity contribution in [3.8, 4) is 5.75 Å². The zero-order chi connectivity index (χ0) is 26.2. The van der Waals surface area contributed by atoms with Crippen LogP contribution >= 0.6 is 11.6 Å². The number of hydrogen-bond donors (Lipinski definition) is 1. The van der Waals surface area contributed by atoms with Gasteiger partial charge in [-0.2, -0.15) is 35.1 Å². The SMILES string of the molecule is O=C(Cc1c(Cl)cc(C(F)(C(F)(F)F)C(F)(F)F)cc1OC(F)F)c1cccc(N([O-])O)c1F. The molecule has 1 N–H and O–H groups in total. The molecule has 0 aliphatic rings. The second-order valence-electron chi connectivity index (χ2n) is 6.48. The van der Waals surface area contributed by atoms with E-state index in [-0.39, 0.29) is 12.1 Å². The predicted octanol–water partition coefficient (Wildman–Crippen LogP) is 6.49. The molecule has 0 spiro atoms. The molecule has 0 fully saturated rings. The van der Waals surface area contributed by atoms with Gasteiger partial charge in [0.15, 0.2) is 11.6 Å². The largest absolute Gasteiger partial charge is 0.733 e. The number of carbonyl (C=O) groups excluding carboxylic acids is 1. The molecule has 0 aliphatic heterocycles. The molecular formula is C18H9ClF10NO4-. The zero-order valence-corrected chi connectivity index (χ0v) is 16.7. The van der Waals surface area contributed by atoms with Gasteiger partial charge in [0.05, 0.1) is 11.3 Å². The molecule has 0 aromatic heterocycles. The van der Waals surface area contributed by atoms with Gasteiger partial charge in [-0.3, -0.25) is 10.0 Å². The first-order valence-corrected chi connectivity index (χ1v) is 8.87. The summed E-state index contributed by atoms with van der Waals surface area (Å²) in [5, 5.41) is 17.5. The number of anilines is 1. The number of halogens is 11. The Kier molecular flexibility index (Phi) is 7.64. The van der Waals surface area contributed by atoms with E-state index in [1.54, 1.807) is 0 Å². The number of ketones is 1. The summed E-state index contributed by atoms with van der Waals surface area (Å²) in [5.41, 5.74) is -11.2. The molecule has 0 saturated heterocycles. The number of hydrogen-bond acceptors (Lipinski definition) is 5. The van der Waals surface area contributed by atoms with E-state index in [1.807, 2.05) is 0 Å². The monoisotopic (exact) mass is 528 g/mol. The summed E-state index contributed by atoms with van der Waals surface area (Å²) in [4.78, 5) is 12.4. The van der Waals surface area contributed by atoms with Gasteiger partial charge in [-0.15, -0.1) is 0 Å². The Morgan fingerprint density at radius 2 is 1.65 bits per heavy atom. The molecule has 2 aromatic rings. The molecular weight excluding hydrogens is 520 g/mol. The van der Waals surface area contributed by atoms with Crippen LogP contribution in [0.25, 0.3) is 0 Å². The maximum Gasteiger partial charge on any atom is 0.435 e. The van der Waals surface area contributed by atoms with Crippen molar-refractivity contribution in [2.75, 3.05) is 5.23 Å². The lowest BCUT2D eigenvalue weighted by Gasteiger charge is -2.31. The van der Waals surface area contributed by atoms with Crippen molar-refractivity contribution < 1.29 is 58.6 Å². The van der Waals surface area contributed by atoms with E-state index in [9.17, 15) is 53.9 Å². The fraction of sp³-hybridized carbons (Fsp3) is 0.278. The third-order valence-corrected chi connectivity index (χ3v) is 4.71. The summed E-state index contributed by atoms with van der Waals surface area (Å²) >= 11 is 5.61. The third-order valence-electron chi connectivity index (χ3n) is 4.37. The van der Waals surface area contributed by atoms with Crippen molar-refractivity contribution in [2.45, 2.75) is 31.1 Å². The maximum absolute atomic E-state index is 14.3. The van der Waals surface area contributed by atoms with Gasteiger partial charge >= 0.3 is 24.6 Å². The normalized spacial score (nSPS) is 12.8. The van der Waals surface area contributed by atoms with Crippen molar-refractivity contribution in [2.24, 2.45) is 0 Å². The third kappa shape index (κ3) is 5.15. The first kappa shape index (κ1) is 27.5. The summed E-state index contributed by atoms with van der Waals surface area (Å²) in [7, 11) is 0. The topological polar surface area (TPSA) is 72.8 Å². The van der Waals surface area contributed by atoms with Crippen molar-refractivity contribution >= 4 is 23.1 Å². The number of rotatable bonds is 7. The van der Waals surface area contributed by atoms with Gasteiger partial charge in [0.1, 0.15) is 5.75 Å². The Morgan fingerprint density at radius 3 is 2.12 bits per heavy atom. The van der Waals surface area contributed by atoms with Crippen LogP contribution < -0.4 is 9.96 Å². The van der Waals surface area contributed by atoms with E-state index in [0.29, 0.717) is 0 Å². The van der Waals surface area contributed by atoms with E-state index in [0.717, 1.165) is 18.2 Å². The first-order valence-electron chi connectivity index (χ1n) is 8.49.